The Hall–Kier alpha value is -2.44. The largest absolute Gasteiger partial charge is 0.381 e. The van der Waals surface area contributed by atoms with Crippen LogP contribution in [-0.4, -0.2) is 72.1 Å². The first-order chi connectivity index (χ1) is 15.5. The van der Waals surface area contributed by atoms with E-state index >= 15 is 0 Å². The fourth-order valence-corrected chi connectivity index (χ4v) is 5.81. The minimum Gasteiger partial charge on any atom is -0.381 e. The van der Waals surface area contributed by atoms with Gasteiger partial charge in [-0.1, -0.05) is 18.2 Å². The summed E-state index contributed by atoms with van der Waals surface area (Å²) in [6.07, 6.45) is 6.73. The highest BCUT2D eigenvalue weighted by molar-refractivity contribution is 6.03. The Morgan fingerprint density at radius 3 is 2.62 bits per heavy atom. The number of amides is 1. The van der Waals surface area contributed by atoms with E-state index in [4.69, 9.17) is 4.74 Å². The van der Waals surface area contributed by atoms with Gasteiger partial charge in [0.05, 0.1) is 11.4 Å². The number of ether oxygens (including phenoxy) is 1. The Labute approximate surface area is 189 Å². The van der Waals surface area contributed by atoms with Gasteiger partial charge < -0.3 is 9.64 Å². The number of hydrogen-bond donors (Lipinski definition) is 0. The second kappa shape index (κ2) is 8.49. The van der Waals surface area contributed by atoms with Crippen LogP contribution in [0.2, 0.25) is 0 Å². The summed E-state index contributed by atoms with van der Waals surface area (Å²) in [6.45, 7) is 7.60. The molecule has 2 aliphatic heterocycles. The SMILES string of the molecule is CCN(CC)C(=O)[C@@H]1C=C2c3cccc4c3c(cn4C(=O)C3CCOCC3)C[C@H]2N(C)C1. The molecular formula is C26H33N3O3. The monoisotopic (exact) mass is 435 g/mol. The van der Waals surface area contributed by atoms with Crippen molar-refractivity contribution in [3.8, 4) is 0 Å². The lowest BCUT2D eigenvalue weighted by atomic mass is 9.79. The lowest BCUT2D eigenvalue weighted by Crippen LogP contribution is -2.47. The first-order valence-corrected chi connectivity index (χ1v) is 12.0. The van der Waals surface area contributed by atoms with Gasteiger partial charge in [0.1, 0.15) is 0 Å². The molecule has 5 rings (SSSR count). The lowest BCUT2D eigenvalue weighted by molar-refractivity contribution is -0.134. The fraction of sp³-hybridized carbons (Fsp3) is 0.538. The maximum Gasteiger partial charge on any atom is 0.234 e. The van der Waals surface area contributed by atoms with Crippen LogP contribution < -0.4 is 0 Å². The standard InChI is InChI=1S/C26H33N3O3/c1-4-28(5-2)25(30)19-13-21-20-7-6-8-22-24(20)18(14-23(21)27(3)15-19)16-29(22)26(31)17-9-11-32-12-10-17/h6-8,13,16-17,19,23H,4-5,9-12,14-15H2,1-3H3/t19-,23-/m1/s1. The summed E-state index contributed by atoms with van der Waals surface area (Å²) >= 11 is 0. The summed E-state index contributed by atoms with van der Waals surface area (Å²) in [5.41, 5.74) is 4.64. The van der Waals surface area contributed by atoms with E-state index in [1.807, 2.05) is 29.4 Å². The second-order valence-electron chi connectivity index (χ2n) is 9.35. The number of aromatic nitrogens is 1. The molecule has 32 heavy (non-hydrogen) atoms. The predicted molar refractivity (Wildman–Crippen MR) is 126 cm³/mol. The zero-order chi connectivity index (χ0) is 22.4. The third-order valence-corrected chi connectivity index (χ3v) is 7.59. The summed E-state index contributed by atoms with van der Waals surface area (Å²) in [5.74, 6) is 0.285. The molecule has 1 fully saturated rings. The van der Waals surface area contributed by atoms with Crippen molar-refractivity contribution in [3.05, 3.63) is 41.6 Å². The van der Waals surface area contributed by atoms with Crippen molar-refractivity contribution in [3.63, 3.8) is 0 Å². The molecule has 0 bridgehead atoms. The van der Waals surface area contributed by atoms with E-state index in [0.717, 1.165) is 44.4 Å². The Balaban J connectivity index is 1.57. The Morgan fingerprint density at radius 1 is 1.16 bits per heavy atom. The molecule has 3 aliphatic rings. The van der Waals surface area contributed by atoms with E-state index in [0.29, 0.717) is 13.2 Å². The minimum atomic E-state index is -0.131. The Bertz CT molecular complexity index is 1080. The molecule has 3 heterocycles. The van der Waals surface area contributed by atoms with Crippen LogP contribution in [0.5, 0.6) is 0 Å². The lowest BCUT2D eigenvalue weighted by Gasteiger charge is -2.40. The van der Waals surface area contributed by atoms with Crippen molar-refractivity contribution in [2.45, 2.75) is 39.2 Å². The highest BCUT2D eigenvalue weighted by Gasteiger charge is 2.37. The molecule has 0 N–H and O–H groups in total. The van der Waals surface area contributed by atoms with E-state index in [9.17, 15) is 9.59 Å². The van der Waals surface area contributed by atoms with E-state index in [2.05, 4.69) is 36.4 Å². The Morgan fingerprint density at radius 2 is 1.91 bits per heavy atom. The smallest absolute Gasteiger partial charge is 0.234 e. The molecular weight excluding hydrogens is 402 g/mol. The predicted octanol–water partition coefficient (Wildman–Crippen LogP) is 3.45. The van der Waals surface area contributed by atoms with Gasteiger partial charge in [-0.15, -0.1) is 0 Å². The Kier molecular flexibility index (Phi) is 5.68. The van der Waals surface area contributed by atoms with Crippen molar-refractivity contribution in [2.75, 3.05) is 39.9 Å². The molecule has 1 aliphatic carbocycles. The van der Waals surface area contributed by atoms with Gasteiger partial charge in [-0.2, -0.15) is 0 Å². The van der Waals surface area contributed by atoms with Crippen LogP contribution in [0.1, 0.15) is 42.6 Å². The molecule has 0 saturated carbocycles. The maximum absolute atomic E-state index is 13.4. The third kappa shape index (κ3) is 3.41. The first kappa shape index (κ1) is 21.4. The molecule has 0 radical (unpaired) electrons. The quantitative estimate of drug-likeness (QED) is 0.738. The topological polar surface area (TPSA) is 54.8 Å². The molecule has 6 heteroatoms. The van der Waals surface area contributed by atoms with Crippen LogP contribution in [0.3, 0.4) is 0 Å². The molecule has 1 amide bonds. The summed E-state index contributed by atoms with van der Waals surface area (Å²) < 4.78 is 7.35. The molecule has 6 nitrogen and oxygen atoms in total. The third-order valence-electron chi connectivity index (χ3n) is 7.59. The van der Waals surface area contributed by atoms with Crippen LogP contribution in [0.25, 0.3) is 16.5 Å². The van der Waals surface area contributed by atoms with Gasteiger partial charge in [0, 0.05) is 56.4 Å². The van der Waals surface area contributed by atoms with Crippen LogP contribution in [0.15, 0.2) is 30.5 Å². The number of carbonyl (C=O) groups is 2. The average molecular weight is 436 g/mol. The molecule has 1 aromatic carbocycles. The number of benzene rings is 1. The van der Waals surface area contributed by atoms with Crippen LogP contribution in [0.4, 0.5) is 0 Å². The van der Waals surface area contributed by atoms with Crippen molar-refractivity contribution in [1.29, 1.82) is 0 Å². The summed E-state index contributed by atoms with van der Waals surface area (Å²) in [7, 11) is 2.12. The van der Waals surface area contributed by atoms with Gasteiger partial charge in [-0.05, 0) is 62.9 Å². The maximum atomic E-state index is 13.4. The summed E-state index contributed by atoms with van der Waals surface area (Å²) in [5, 5.41) is 1.18. The van der Waals surface area contributed by atoms with Crippen LogP contribution >= 0.6 is 0 Å². The van der Waals surface area contributed by atoms with Gasteiger partial charge in [0.2, 0.25) is 11.8 Å². The summed E-state index contributed by atoms with van der Waals surface area (Å²) in [6, 6.07) is 6.51. The van der Waals surface area contributed by atoms with Gasteiger partial charge in [0.25, 0.3) is 0 Å². The van der Waals surface area contributed by atoms with E-state index < -0.39 is 0 Å². The number of nitrogens with zero attached hydrogens (tertiary/aromatic N) is 3. The van der Waals surface area contributed by atoms with E-state index in [1.54, 1.807) is 0 Å². The highest BCUT2D eigenvalue weighted by atomic mass is 16.5. The minimum absolute atomic E-state index is 0.0249. The van der Waals surface area contributed by atoms with Gasteiger partial charge >= 0.3 is 0 Å². The molecule has 2 aromatic rings. The molecule has 1 saturated heterocycles. The van der Waals surface area contributed by atoms with E-state index in [1.165, 1.54) is 22.1 Å². The highest BCUT2D eigenvalue weighted by Crippen LogP contribution is 2.42. The number of rotatable bonds is 4. The zero-order valence-electron chi connectivity index (χ0n) is 19.3. The normalized spacial score (nSPS) is 23.7. The number of hydrogen-bond acceptors (Lipinski definition) is 4. The fourth-order valence-electron chi connectivity index (χ4n) is 5.81. The zero-order valence-corrected chi connectivity index (χ0v) is 19.3. The van der Waals surface area contributed by atoms with Crippen molar-refractivity contribution in [2.24, 2.45) is 11.8 Å². The molecule has 0 unspecified atom stereocenters. The first-order valence-electron chi connectivity index (χ1n) is 12.0. The van der Waals surface area contributed by atoms with E-state index in [-0.39, 0.29) is 29.7 Å². The molecule has 2 atom stereocenters. The van der Waals surface area contributed by atoms with Crippen molar-refractivity contribution in [1.82, 2.24) is 14.4 Å². The van der Waals surface area contributed by atoms with Gasteiger partial charge in [0.15, 0.2) is 0 Å². The van der Waals surface area contributed by atoms with Crippen LogP contribution in [-0.2, 0) is 16.0 Å². The number of carbonyl (C=O) groups excluding carboxylic acids is 2. The van der Waals surface area contributed by atoms with Crippen LogP contribution in [0, 0.1) is 11.8 Å². The number of fused-ring (bicyclic) bond motifs is 2. The van der Waals surface area contributed by atoms with Gasteiger partial charge in [-0.3, -0.25) is 19.1 Å². The molecule has 1 aromatic heterocycles. The summed E-state index contributed by atoms with van der Waals surface area (Å²) in [4.78, 5) is 30.7. The average Bonchev–Trinajstić information content (AvgIpc) is 3.20. The molecule has 170 valence electrons. The van der Waals surface area contributed by atoms with Gasteiger partial charge in [-0.25, -0.2) is 0 Å². The molecule has 0 spiro atoms. The van der Waals surface area contributed by atoms with Crippen molar-refractivity contribution < 1.29 is 14.3 Å². The second-order valence-corrected chi connectivity index (χ2v) is 9.35. The number of likely N-dealkylation sites (N-methyl/N-ethyl adjacent to an activating group) is 1. The van der Waals surface area contributed by atoms with Crippen molar-refractivity contribution >= 4 is 28.3 Å².